The third-order valence-electron chi connectivity index (χ3n) is 6.62. The number of carbonyl (C=O) groups is 2. The summed E-state index contributed by atoms with van der Waals surface area (Å²) in [6.07, 6.45) is 6.38. The first-order chi connectivity index (χ1) is 18.9. The second kappa shape index (κ2) is 11.4. The average Bonchev–Trinajstić information content (AvgIpc) is 3.43. The number of anilines is 1. The zero-order valence-electron chi connectivity index (χ0n) is 20.6. The summed E-state index contributed by atoms with van der Waals surface area (Å²) < 4.78 is 43.0. The van der Waals surface area contributed by atoms with E-state index < -0.39 is 18.3 Å². The normalized spacial score (nSPS) is 13.9. The number of imidazole rings is 1. The first-order valence-electron chi connectivity index (χ1n) is 12.3. The molecule has 0 atom stereocenters. The van der Waals surface area contributed by atoms with Crippen molar-refractivity contribution in [1.82, 2.24) is 19.9 Å². The number of pyridine rings is 1. The first-order valence-corrected chi connectivity index (χ1v) is 12.3. The average molecular weight is 536 g/mol. The van der Waals surface area contributed by atoms with E-state index in [-0.39, 0.29) is 23.1 Å². The number of nitrogens with one attached hydrogen (secondary N) is 2. The van der Waals surface area contributed by atoms with Gasteiger partial charge in [-0.15, -0.1) is 0 Å². The first kappa shape index (κ1) is 26.0. The van der Waals surface area contributed by atoms with Crippen LogP contribution in [0, 0.1) is 5.82 Å². The van der Waals surface area contributed by atoms with Gasteiger partial charge in [-0.1, -0.05) is 12.1 Å². The second-order valence-electron chi connectivity index (χ2n) is 9.03. The maximum atomic E-state index is 14.2. The Bertz CT molecular complexity index is 1450. The highest BCUT2D eigenvalue weighted by atomic mass is 19.3. The third-order valence-corrected chi connectivity index (χ3v) is 6.62. The Labute approximate surface area is 221 Å². The van der Waals surface area contributed by atoms with Gasteiger partial charge in [0.15, 0.2) is 0 Å². The van der Waals surface area contributed by atoms with Crippen molar-refractivity contribution >= 4 is 17.5 Å². The van der Waals surface area contributed by atoms with Crippen molar-refractivity contribution in [3.05, 3.63) is 96.0 Å². The van der Waals surface area contributed by atoms with Crippen LogP contribution in [-0.4, -0.2) is 51.4 Å². The summed E-state index contributed by atoms with van der Waals surface area (Å²) in [7, 11) is 0. The lowest BCUT2D eigenvalue weighted by Gasteiger charge is -2.32. The summed E-state index contributed by atoms with van der Waals surface area (Å²) in [6, 6.07) is 13.8. The highest BCUT2D eigenvalue weighted by molar-refractivity contribution is 6.04. The Morgan fingerprint density at radius 3 is 2.51 bits per heavy atom. The molecule has 0 unspecified atom stereocenters. The maximum absolute atomic E-state index is 14.2. The number of piperidine rings is 1. The molecule has 0 radical (unpaired) electrons. The zero-order valence-corrected chi connectivity index (χ0v) is 20.6. The topological polar surface area (TPSA) is 100 Å². The molecule has 2 aromatic heterocycles. The van der Waals surface area contributed by atoms with Gasteiger partial charge in [0.2, 0.25) is 0 Å². The number of hydrogen-bond acceptors (Lipinski definition) is 5. The zero-order chi connectivity index (χ0) is 27.4. The minimum absolute atomic E-state index is 0.108. The molecule has 1 saturated heterocycles. The molecule has 0 bridgehead atoms. The molecule has 11 heteroatoms. The van der Waals surface area contributed by atoms with Gasteiger partial charge in [0.05, 0.1) is 11.9 Å². The lowest BCUT2D eigenvalue weighted by Crippen LogP contribution is -2.38. The van der Waals surface area contributed by atoms with Crippen molar-refractivity contribution in [3.8, 4) is 17.0 Å². The van der Waals surface area contributed by atoms with Gasteiger partial charge >= 0.3 is 6.61 Å². The molecule has 5 rings (SSSR count). The van der Waals surface area contributed by atoms with Gasteiger partial charge in [-0.25, -0.2) is 9.37 Å². The molecule has 3 heterocycles. The van der Waals surface area contributed by atoms with Crippen molar-refractivity contribution in [2.24, 2.45) is 0 Å². The van der Waals surface area contributed by atoms with E-state index in [1.54, 1.807) is 30.6 Å². The summed E-state index contributed by atoms with van der Waals surface area (Å²) in [5, 5.41) is 2.61. The lowest BCUT2D eigenvalue weighted by atomic mass is 9.89. The van der Waals surface area contributed by atoms with Gasteiger partial charge in [0.1, 0.15) is 23.0 Å². The number of carbonyl (C=O) groups excluding carboxylic acids is 2. The van der Waals surface area contributed by atoms with E-state index in [1.807, 2.05) is 23.1 Å². The van der Waals surface area contributed by atoms with E-state index in [9.17, 15) is 22.8 Å². The molecular formula is C28H24F3N5O3. The van der Waals surface area contributed by atoms with E-state index in [4.69, 9.17) is 0 Å². The summed E-state index contributed by atoms with van der Waals surface area (Å²) in [5.74, 6) is -1.91. The molecule has 8 nitrogen and oxygen atoms in total. The highest BCUT2D eigenvalue weighted by Gasteiger charge is 2.27. The minimum atomic E-state index is -3.09. The summed E-state index contributed by atoms with van der Waals surface area (Å²) in [6.45, 7) is -1.92. The van der Waals surface area contributed by atoms with E-state index in [0.29, 0.717) is 30.2 Å². The fourth-order valence-corrected chi connectivity index (χ4v) is 4.65. The van der Waals surface area contributed by atoms with E-state index in [0.717, 1.165) is 42.2 Å². The van der Waals surface area contributed by atoms with E-state index in [1.165, 1.54) is 6.33 Å². The van der Waals surface area contributed by atoms with Crippen LogP contribution in [0.4, 0.5) is 18.9 Å². The number of aromatic nitrogens is 3. The fourth-order valence-electron chi connectivity index (χ4n) is 4.65. The standard InChI is InChI=1S/C28H24F3N5O3/c29-23-14-21(39-28(30)31)7-8-22(23)26(37)35-20-5-3-17(4-6-20)18-9-12-36(13-10-18)27(38)25-24(33-16-34-25)19-2-1-11-32-15-19/h1-8,11,14-16,18,28H,9-10,12-13H2,(H,33,34)(H,35,37). The molecule has 2 amide bonds. The Balaban J connectivity index is 1.17. The van der Waals surface area contributed by atoms with Gasteiger partial charge in [-0.2, -0.15) is 8.78 Å². The number of hydrogen-bond donors (Lipinski definition) is 2. The number of nitrogens with zero attached hydrogens (tertiary/aromatic N) is 3. The van der Waals surface area contributed by atoms with Crippen LogP contribution in [0.3, 0.4) is 0 Å². The molecule has 2 N–H and O–H groups in total. The number of rotatable bonds is 7. The van der Waals surface area contributed by atoms with Crippen LogP contribution in [0.25, 0.3) is 11.3 Å². The van der Waals surface area contributed by atoms with Crippen LogP contribution in [0.15, 0.2) is 73.3 Å². The summed E-state index contributed by atoms with van der Waals surface area (Å²) in [5.41, 5.74) is 3.02. The third kappa shape index (κ3) is 5.92. The quantitative estimate of drug-likeness (QED) is 0.326. The molecule has 1 fully saturated rings. The largest absolute Gasteiger partial charge is 0.435 e. The van der Waals surface area contributed by atoms with Gasteiger partial charge in [-0.05, 0) is 60.7 Å². The van der Waals surface area contributed by atoms with Crippen molar-refractivity contribution in [2.75, 3.05) is 18.4 Å². The number of aromatic amines is 1. The lowest BCUT2D eigenvalue weighted by molar-refractivity contribution is -0.0500. The Morgan fingerprint density at radius 1 is 1.08 bits per heavy atom. The summed E-state index contributed by atoms with van der Waals surface area (Å²) in [4.78, 5) is 38.8. The van der Waals surface area contributed by atoms with Gasteiger partial charge < -0.3 is 19.9 Å². The molecule has 4 aromatic rings. The van der Waals surface area contributed by atoms with Crippen LogP contribution < -0.4 is 10.1 Å². The number of amides is 2. The number of halogens is 3. The monoisotopic (exact) mass is 535 g/mol. The number of benzene rings is 2. The Hall–Kier alpha value is -4.67. The van der Waals surface area contributed by atoms with E-state index in [2.05, 4.69) is 25.0 Å². The van der Waals surface area contributed by atoms with Crippen molar-refractivity contribution in [3.63, 3.8) is 0 Å². The number of ether oxygens (including phenoxy) is 1. The molecule has 0 spiro atoms. The van der Waals surface area contributed by atoms with Gasteiger partial charge in [0.25, 0.3) is 11.8 Å². The van der Waals surface area contributed by atoms with E-state index >= 15 is 0 Å². The van der Waals surface area contributed by atoms with Crippen molar-refractivity contribution in [1.29, 1.82) is 0 Å². The minimum Gasteiger partial charge on any atom is -0.435 e. The molecule has 0 saturated carbocycles. The van der Waals surface area contributed by atoms with Gasteiger partial charge in [0, 0.05) is 42.8 Å². The molecule has 1 aliphatic rings. The Kier molecular flexibility index (Phi) is 7.57. The summed E-state index contributed by atoms with van der Waals surface area (Å²) >= 11 is 0. The van der Waals surface area contributed by atoms with Crippen LogP contribution in [0.2, 0.25) is 0 Å². The van der Waals surface area contributed by atoms with Crippen molar-refractivity contribution < 1.29 is 27.5 Å². The number of alkyl halides is 2. The number of likely N-dealkylation sites (tertiary alicyclic amines) is 1. The van der Waals surface area contributed by atoms with Gasteiger partial charge in [-0.3, -0.25) is 14.6 Å². The molecular weight excluding hydrogens is 511 g/mol. The van der Waals surface area contributed by atoms with Crippen LogP contribution in [0.5, 0.6) is 5.75 Å². The van der Waals surface area contributed by atoms with Crippen LogP contribution in [0.1, 0.15) is 45.2 Å². The molecule has 0 aliphatic carbocycles. The molecule has 2 aromatic carbocycles. The maximum Gasteiger partial charge on any atom is 0.387 e. The smallest absolute Gasteiger partial charge is 0.387 e. The molecule has 200 valence electrons. The van der Waals surface area contributed by atoms with Crippen LogP contribution in [-0.2, 0) is 0 Å². The SMILES string of the molecule is O=C(Nc1ccc(C2CCN(C(=O)c3[nH]cnc3-c3cccnc3)CC2)cc1)c1ccc(OC(F)F)cc1F. The predicted molar refractivity (Wildman–Crippen MR) is 137 cm³/mol. The highest BCUT2D eigenvalue weighted by Crippen LogP contribution is 2.30. The molecule has 1 aliphatic heterocycles. The fraction of sp³-hybridized carbons (Fsp3) is 0.214. The van der Waals surface area contributed by atoms with Crippen LogP contribution >= 0.6 is 0 Å². The van der Waals surface area contributed by atoms with Crippen molar-refractivity contribution in [2.45, 2.75) is 25.4 Å². The number of H-pyrrole nitrogens is 1. The Morgan fingerprint density at radius 2 is 1.85 bits per heavy atom. The second-order valence-corrected chi connectivity index (χ2v) is 9.03. The predicted octanol–water partition coefficient (Wildman–Crippen LogP) is 5.48. The molecule has 39 heavy (non-hydrogen) atoms.